The molecule has 7 heavy (non-hydrogen) atoms. The maximum absolute atomic E-state index is 3.31. The second-order valence-corrected chi connectivity index (χ2v) is 3.75. The predicted octanol–water partition coefficient (Wildman–Crippen LogP) is 1.03. The Morgan fingerprint density at radius 2 is 2.29 bits per heavy atom. The van der Waals surface area contributed by atoms with Crippen molar-refractivity contribution >= 4 is 22.6 Å². The molecule has 1 aliphatic heterocycles. The van der Waals surface area contributed by atoms with E-state index in [1.165, 1.54) is 13.1 Å². The molecule has 0 aromatic heterocycles. The molecule has 0 aromatic rings. The highest BCUT2D eigenvalue weighted by Crippen LogP contribution is 2.15. The first-order chi connectivity index (χ1) is 3.30. The Hall–Kier alpha value is 0.690. The lowest BCUT2D eigenvalue weighted by Crippen LogP contribution is -2.07. The van der Waals surface area contributed by atoms with Gasteiger partial charge in [0.2, 0.25) is 0 Å². The van der Waals surface area contributed by atoms with Gasteiger partial charge >= 0.3 is 0 Å². The molecule has 0 aliphatic carbocycles. The van der Waals surface area contributed by atoms with Crippen LogP contribution in [-0.2, 0) is 0 Å². The number of alkyl halides is 1. The Morgan fingerprint density at radius 3 is 2.43 bits per heavy atom. The van der Waals surface area contributed by atoms with Crippen LogP contribution in [0.15, 0.2) is 0 Å². The van der Waals surface area contributed by atoms with Crippen molar-refractivity contribution < 1.29 is 0 Å². The monoisotopic (exact) mass is 211 g/mol. The molecule has 1 heterocycles. The largest absolute Gasteiger partial charge is 0.315 e. The molecule has 0 aromatic carbocycles. The second kappa shape index (κ2) is 2.31. The summed E-state index contributed by atoms with van der Waals surface area (Å²) >= 11 is 2.50. The fourth-order valence-corrected chi connectivity index (χ4v) is 1.34. The maximum atomic E-state index is 3.31. The Labute approximate surface area is 58.0 Å². The lowest BCUT2D eigenvalue weighted by atomic mass is 10.2. The van der Waals surface area contributed by atoms with Crippen LogP contribution in [-0.4, -0.2) is 17.0 Å². The Balaban J connectivity index is 2.33. The molecule has 0 spiro atoms. The summed E-state index contributed by atoms with van der Waals surface area (Å²) < 4.78 is 0.873. The third-order valence-electron chi connectivity index (χ3n) is 1.42. The molecule has 0 amide bonds. The van der Waals surface area contributed by atoms with Gasteiger partial charge in [-0.25, -0.2) is 0 Å². The highest BCUT2D eigenvalue weighted by Gasteiger charge is 2.18. The van der Waals surface area contributed by atoms with Crippen molar-refractivity contribution in [3.8, 4) is 0 Å². The number of hydrogen-bond acceptors (Lipinski definition) is 1. The van der Waals surface area contributed by atoms with E-state index >= 15 is 0 Å². The van der Waals surface area contributed by atoms with Crippen molar-refractivity contribution in [1.29, 1.82) is 0 Å². The standard InChI is InChI=1S/C5H10IN/c1-4-2-7-3-5(4)6/h4-5,7H,2-3H2,1H3/t4-,5?/m0/s1. The molecular formula is C5H10IN. The van der Waals surface area contributed by atoms with Gasteiger partial charge < -0.3 is 5.32 Å². The molecule has 1 nitrogen and oxygen atoms in total. The van der Waals surface area contributed by atoms with Crippen LogP contribution in [0.4, 0.5) is 0 Å². The third kappa shape index (κ3) is 1.29. The molecule has 0 bridgehead atoms. The minimum Gasteiger partial charge on any atom is -0.315 e. The molecule has 1 fully saturated rings. The summed E-state index contributed by atoms with van der Waals surface area (Å²) in [7, 11) is 0. The van der Waals surface area contributed by atoms with E-state index in [1.54, 1.807) is 0 Å². The zero-order valence-electron chi connectivity index (χ0n) is 4.45. The van der Waals surface area contributed by atoms with Gasteiger partial charge in [-0.15, -0.1) is 0 Å². The maximum Gasteiger partial charge on any atom is 0.0272 e. The topological polar surface area (TPSA) is 12.0 Å². The van der Waals surface area contributed by atoms with Crippen molar-refractivity contribution in [2.75, 3.05) is 13.1 Å². The molecule has 1 unspecified atom stereocenters. The van der Waals surface area contributed by atoms with Crippen molar-refractivity contribution in [3.63, 3.8) is 0 Å². The average Bonchev–Trinajstić information content (AvgIpc) is 1.91. The van der Waals surface area contributed by atoms with Crippen LogP contribution in [0.25, 0.3) is 0 Å². The zero-order chi connectivity index (χ0) is 5.28. The third-order valence-corrected chi connectivity index (χ3v) is 3.09. The summed E-state index contributed by atoms with van der Waals surface area (Å²) in [5.74, 6) is 0.889. The van der Waals surface area contributed by atoms with Crippen molar-refractivity contribution in [3.05, 3.63) is 0 Å². The first-order valence-corrected chi connectivity index (χ1v) is 3.90. The second-order valence-electron chi connectivity index (χ2n) is 2.15. The highest BCUT2D eigenvalue weighted by molar-refractivity contribution is 14.1. The fourth-order valence-electron chi connectivity index (χ4n) is 0.778. The SMILES string of the molecule is C[C@H]1CNCC1I. The smallest absolute Gasteiger partial charge is 0.0272 e. The van der Waals surface area contributed by atoms with E-state index in [-0.39, 0.29) is 0 Å². The Kier molecular flexibility index (Phi) is 1.92. The van der Waals surface area contributed by atoms with E-state index in [2.05, 4.69) is 34.8 Å². The molecule has 0 radical (unpaired) electrons. The van der Waals surface area contributed by atoms with Gasteiger partial charge in [0.1, 0.15) is 0 Å². The number of hydrogen-bond donors (Lipinski definition) is 1. The van der Waals surface area contributed by atoms with Crippen LogP contribution in [0.1, 0.15) is 6.92 Å². The van der Waals surface area contributed by atoms with Crippen molar-refractivity contribution in [1.82, 2.24) is 5.32 Å². The molecule has 1 saturated heterocycles. The summed E-state index contributed by atoms with van der Waals surface area (Å²) in [4.78, 5) is 0. The molecular weight excluding hydrogens is 201 g/mol. The fraction of sp³-hybridized carbons (Fsp3) is 1.00. The summed E-state index contributed by atoms with van der Waals surface area (Å²) in [6, 6.07) is 0. The first-order valence-electron chi connectivity index (χ1n) is 2.65. The minimum atomic E-state index is 0.873. The van der Waals surface area contributed by atoms with Crippen molar-refractivity contribution in [2.24, 2.45) is 5.92 Å². The normalized spacial score (nSPS) is 42.0. The average molecular weight is 211 g/mol. The number of rotatable bonds is 0. The van der Waals surface area contributed by atoms with Crippen LogP contribution in [0.5, 0.6) is 0 Å². The van der Waals surface area contributed by atoms with Crippen LogP contribution >= 0.6 is 22.6 Å². The zero-order valence-corrected chi connectivity index (χ0v) is 6.60. The highest BCUT2D eigenvalue weighted by atomic mass is 127. The predicted molar refractivity (Wildman–Crippen MR) is 39.8 cm³/mol. The van der Waals surface area contributed by atoms with Gasteiger partial charge in [0.05, 0.1) is 0 Å². The molecule has 0 saturated carbocycles. The summed E-state index contributed by atoms with van der Waals surface area (Å²) in [6.07, 6.45) is 0. The van der Waals surface area contributed by atoms with Gasteiger partial charge in [0, 0.05) is 10.5 Å². The van der Waals surface area contributed by atoms with E-state index in [4.69, 9.17) is 0 Å². The Bertz CT molecular complexity index is 57.1. The van der Waals surface area contributed by atoms with Crippen LogP contribution in [0.2, 0.25) is 0 Å². The molecule has 1 N–H and O–H groups in total. The van der Waals surface area contributed by atoms with Gasteiger partial charge in [-0.2, -0.15) is 0 Å². The van der Waals surface area contributed by atoms with Crippen molar-refractivity contribution in [2.45, 2.75) is 10.8 Å². The van der Waals surface area contributed by atoms with Gasteiger partial charge in [-0.1, -0.05) is 29.5 Å². The lowest BCUT2D eigenvalue weighted by molar-refractivity contribution is 0.674. The van der Waals surface area contributed by atoms with Crippen LogP contribution in [0.3, 0.4) is 0 Å². The quantitative estimate of drug-likeness (QED) is 0.466. The van der Waals surface area contributed by atoms with Gasteiger partial charge in [0.15, 0.2) is 0 Å². The Morgan fingerprint density at radius 1 is 1.57 bits per heavy atom. The summed E-state index contributed by atoms with van der Waals surface area (Å²) in [5, 5.41) is 3.31. The van der Waals surface area contributed by atoms with Gasteiger partial charge in [0.25, 0.3) is 0 Å². The first kappa shape index (κ1) is 5.82. The van der Waals surface area contributed by atoms with E-state index in [0.29, 0.717) is 0 Å². The lowest BCUT2D eigenvalue weighted by Gasteiger charge is -2.01. The van der Waals surface area contributed by atoms with E-state index in [0.717, 1.165) is 9.84 Å². The molecule has 42 valence electrons. The van der Waals surface area contributed by atoms with Crippen LogP contribution in [0, 0.1) is 5.92 Å². The molecule has 1 aliphatic rings. The molecule has 2 atom stereocenters. The molecule has 2 heteroatoms. The number of nitrogens with one attached hydrogen (secondary N) is 1. The number of halogens is 1. The van der Waals surface area contributed by atoms with Gasteiger partial charge in [-0.3, -0.25) is 0 Å². The van der Waals surface area contributed by atoms with E-state index in [1.807, 2.05) is 0 Å². The summed E-state index contributed by atoms with van der Waals surface area (Å²) in [5.41, 5.74) is 0. The van der Waals surface area contributed by atoms with Crippen LogP contribution < -0.4 is 5.32 Å². The van der Waals surface area contributed by atoms with E-state index in [9.17, 15) is 0 Å². The molecule has 1 rings (SSSR count). The summed E-state index contributed by atoms with van der Waals surface area (Å²) in [6.45, 7) is 4.71. The minimum absolute atomic E-state index is 0.873. The van der Waals surface area contributed by atoms with Gasteiger partial charge in [-0.05, 0) is 12.5 Å². The van der Waals surface area contributed by atoms with E-state index < -0.39 is 0 Å².